The average molecular weight is 251 g/mol. The third-order valence-corrected chi connectivity index (χ3v) is 2.56. The van der Waals surface area contributed by atoms with Crippen LogP contribution in [-0.4, -0.2) is 21.3 Å². The highest BCUT2D eigenvalue weighted by molar-refractivity contribution is 6.30. The van der Waals surface area contributed by atoms with Gasteiger partial charge in [0.1, 0.15) is 5.82 Å². The van der Waals surface area contributed by atoms with Crippen LogP contribution in [0.4, 0.5) is 5.82 Å². The van der Waals surface area contributed by atoms with Gasteiger partial charge in [0.2, 0.25) is 0 Å². The lowest BCUT2D eigenvalue weighted by Gasteiger charge is -2.09. The second-order valence-electron chi connectivity index (χ2n) is 3.79. The van der Waals surface area contributed by atoms with Crippen LogP contribution < -0.4 is 5.32 Å². The van der Waals surface area contributed by atoms with Gasteiger partial charge < -0.3 is 5.32 Å². The van der Waals surface area contributed by atoms with E-state index in [1.54, 1.807) is 23.3 Å². The Hall–Kier alpha value is -1.55. The van der Waals surface area contributed by atoms with Crippen LogP contribution in [-0.2, 0) is 6.54 Å². The van der Waals surface area contributed by atoms with Gasteiger partial charge >= 0.3 is 0 Å². The maximum atomic E-state index is 5.84. The van der Waals surface area contributed by atoms with E-state index in [9.17, 15) is 0 Å². The number of rotatable bonds is 5. The average Bonchev–Trinajstić information content (AvgIpc) is 2.74. The number of hydrogen-bond acceptors (Lipinski definition) is 3. The molecule has 0 atom stereocenters. The lowest BCUT2D eigenvalue weighted by molar-refractivity contribution is 0.685. The summed E-state index contributed by atoms with van der Waals surface area (Å²) in [6.45, 7) is 3.72. The Morgan fingerprint density at radius 3 is 3.06 bits per heavy atom. The summed E-state index contributed by atoms with van der Waals surface area (Å²) < 4.78 is 1.80. The molecule has 0 aromatic carbocycles. The Morgan fingerprint density at radius 1 is 1.47 bits per heavy atom. The summed E-state index contributed by atoms with van der Waals surface area (Å²) >= 11 is 5.84. The summed E-state index contributed by atoms with van der Waals surface area (Å²) in [6.07, 6.45) is 6.30. The molecule has 0 saturated carbocycles. The van der Waals surface area contributed by atoms with Gasteiger partial charge in [0.05, 0.1) is 17.8 Å². The molecule has 2 rings (SSSR count). The van der Waals surface area contributed by atoms with Crippen LogP contribution in [0.2, 0.25) is 5.02 Å². The highest BCUT2D eigenvalue weighted by Gasteiger charge is 2.04. The minimum Gasteiger partial charge on any atom is -0.370 e. The van der Waals surface area contributed by atoms with Crippen molar-refractivity contribution in [1.29, 1.82) is 0 Å². The smallest absolute Gasteiger partial charge is 0.131 e. The van der Waals surface area contributed by atoms with Crippen molar-refractivity contribution in [2.75, 3.05) is 11.9 Å². The van der Waals surface area contributed by atoms with E-state index in [1.165, 1.54) is 0 Å². The Bertz CT molecular complexity index is 481. The summed E-state index contributed by atoms with van der Waals surface area (Å²) in [5.74, 6) is 0.918. The van der Waals surface area contributed by atoms with E-state index in [4.69, 9.17) is 11.6 Å². The number of halogens is 1. The minimum absolute atomic E-state index is 0.650. The van der Waals surface area contributed by atoms with Crippen LogP contribution in [0.3, 0.4) is 0 Å². The zero-order valence-corrected chi connectivity index (χ0v) is 10.5. The molecule has 0 aliphatic carbocycles. The van der Waals surface area contributed by atoms with Crippen LogP contribution in [0.25, 0.3) is 0 Å². The lowest BCUT2D eigenvalue weighted by atomic mass is 10.2. The van der Waals surface area contributed by atoms with Gasteiger partial charge in [0, 0.05) is 24.5 Å². The molecule has 0 fully saturated rings. The first-order valence-corrected chi connectivity index (χ1v) is 6.03. The van der Waals surface area contributed by atoms with Gasteiger partial charge in [0.25, 0.3) is 0 Å². The number of pyridine rings is 1. The van der Waals surface area contributed by atoms with Crippen molar-refractivity contribution in [2.24, 2.45) is 0 Å². The largest absolute Gasteiger partial charge is 0.370 e. The predicted molar refractivity (Wildman–Crippen MR) is 69.4 cm³/mol. The standard InChI is InChI=1S/C12H15ClN4/c1-2-5-14-12-10(4-3-6-15-12)8-17-9-11(13)7-16-17/h3-4,6-7,9H,2,5,8H2,1H3,(H,14,15). The second kappa shape index (κ2) is 5.68. The van der Waals surface area contributed by atoms with Crippen molar-refractivity contribution in [3.05, 3.63) is 41.3 Å². The number of aromatic nitrogens is 3. The second-order valence-corrected chi connectivity index (χ2v) is 4.23. The fraction of sp³-hybridized carbons (Fsp3) is 0.333. The third-order valence-electron chi connectivity index (χ3n) is 2.37. The van der Waals surface area contributed by atoms with E-state index in [2.05, 4.69) is 22.3 Å². The van der Waals surface area contributed by atoms with Crippen molar-refractivity contribution in [3.63, 3.8) is 0 Å². The summed E-state index contributed by atoms with van der Waals surface area (Å²) in [5.41, 5.74) is 1.11. The topological polar surface area (TPSA) is 42.7 Å². The molecule has 2 aromatic rings. The maximum absolute atomic E-state index is 5.84. The summed E-state index contributed by atoms with van der Waals surface area (Å²) in [4.78, 5) is 4.33. The zero-order chi connectivity index (χ0) is 12.1. The number of nitrogens with zero attached hydrogens (tertiary/aromatic N) is 3. The maximum Gasteiger partial charge on any atom is 0.131 e. The SMILES string of the molecule is CCCNc1ncccc1Cn1cc(Cl)cn1. The van der Waals surface area contributed by atoms with Crippen LogP contribution >= 0.6 is 11.6 Å². The van der Waals surface area contributed by atoms with Gasteiger partial charge in [-0.3, -0.25) is 4.68 Å². The van der Waals surface area contributed by atoms with Crippen LogP contribution in [0.5, 0.6) is 0 Å². The fourth-order valence-electron chi connectivity index (χ4n) is 1.57. The van der Waals surface area contributed by atoms with E-state index in [0.717, 1.165) is 24.3 Å². The van der Waals surface area contributed by atoms with Gasteiger partial charge in [-0.2, -0.15) is 5.10 Å². The van der Waals surface area contributed by atoms with Crippen LogP contribution in [0.15, 0.2) is 30.7 Å². The molecule has 90 valence electrons. The van der Waals surface area contributed by atoms with Crippen LogP contribution in [0, 0.1) is 0 Å². The molecule has 0 unspecified atom stereocenters. The molecule has 0 aliphatic rings. The molecule has 4 nitrogen and oxygen atoms in total. The van der Waals surface area contributed by atoms with Gasteiger partial charge in [-0.05, 0) is 12.5 Å². The molecule has 0 spiro atoms. The molecule has 0 saturated heterocycles. The fourth-order valence-corrected chi connectivity index (χ4v) is 1.72. The molecular weight excluding hydrogens is 236 g/mol. The number of hydrogen-bond donors (Lipinski definition) is 1. The highest BCUT2D eigenvalue weighted by atomic mass is 35.5. The van der Waals surface area contributed by atoms with Crippen molar-refractivity contribution in [3.8, 4) is 0 Å². The van der Waals surface area contributed by atoms with Gasteiger partial charge in [0.15, 0.2) is 0 Å². The molecule has 0 bridgehead atoms. The third kappa shape index (κ3) is 3.20. The van der Waals surface area contributed by atoms with Crippen molar-refractivity contribution in [1.82, 2.24) is 14.8 Å². The van der Waals surface area contributed by atoms with Crippen molar-refractivity contribution >= 4 is 17.4 Å². The summed E-state index contributed by atoms with van der Waals surface area (Å²) in [6, 6.07) is 3.97. The van der Waals surface area contributed by atoms with Gasteiger partial charge in [-0.15, -0.1) is 0 Å². The highest BCUT2D eigenvalue weighted by Crippen LogP contribution is 2.14. The quantitative estimate of drug-likeness (QED) is 0.887. The van der Waals surface area contributed by atoms with Crippen LogP contribution in [0.1, 0.15) is 18.9 Å². The molecule has 17 heavy (non-hydrogen) atoms. The number of nitrogens with one attached hydrogen (secondary N) is 1. The predicted octanol–water partition coefficient (Wildman–Crippen LogP) is 2.80. The van der Waals surface area contributed by atoms with Gasteiger partial charge in [-0.25, -0.2) is 4.98 Å². The molecule has 0 radical (unpaired) electrons. The van der Waals surface area contributed by atoms with E-state index in [-0.39, 0.29) is 0 Å². The molecule has 0 amide bonds. The normalized spacial score (nSPS) is 10.5. The Balaban J connectivity index is 2.14. The molecular formula is C12H15ClN4. The first-order valence-electron chi connectivity index (χ1n) is 5.65. The Morgan fingerprint density at radius 2 is 2.35 bits per heavy atom. The molecule has 1 N–H and O–H groups in total. The lowest BCUT2D eigenvalue weighted by Crippen LogP contribution is -2.08. The molecule has 0 aliphatic heterocycles. The Kier molecular flexibility index (Phi) is 3.98. The zero-order valence-electron chi connectivity index (χ0n) is 9.73. The summed E-state index contributed by atoms with van der Waals surface area (Å²) in [7, 11) is 0. The van der Waals surface area contributed by atoms with E-state index >= 15 is 0 Å². The summed E-state index contributed by atoms with van der Waals surface area (Å²) in [5, 5.41) is 8.12. The Labute approximate surface area is 106 Å². The van der Waals surface area contributed by atoms with Crippen molar-refractivity contribution < 1.29 is 0 Å². The van der Waals surface area contributed by atoms with Gasteiger partial charge in [-0.1, -0.05) is 24.6 Å². The van der Waals surface area contributed by atoms with E-state index in [1.807, 2.05) is 12.1 Å². The van der Waals surface area contributed by atoms with E-state index in [0.29, 0.717) is 11.6 Å². The molecule has 5 heteroatoms. The number of anilines is 1. The first-order chi connectivity index (χ1) is 8.29. The first kappa shape index (κ1) is 11.9. The van der Waals surface area contributed by atoms with Crippen molar-refractivity contribution in [2.45, 2.75) is 19.9 Å². The minimum atomic E-state index is 0.650. The monoisotopic (exact) mass is 250 g/mol. The molecule has 2 aromatic heterocycles. The molecule has 2 heterocycles. The van der Waals surface area contributed by atoms with E-state index < -0.39 is 0 Å².